The van der Waals surface area contributed by atoms with Crippen LogP contribution in [-0.2, 0) is 6.54 Å². The molecule has 1 N–H and O–H groups in total. The molecular weight excluding hydrogens is 220 g/mol. The second kappa shape index (κ2) is 8.28. The van der Waals surface area contributed by atoms with Crippen LogP contribution < -0.4 is 5.32 Å². The molecule has 2 nitrogen and oxygen atoms in total. The highest BCUT2D eigenvalue weighted by Gasteiger charge is 2.13. The van der Waals surface area contributed by atoms with Gasteiger partial charge in [0.15, 0.2) is 0 Å². The lowest BCUT2D eigenvalue weighted by Crippen LogP contribution is -2.39. The summed E-state index contributed by atoms with van der Waals surface area (Å²) in [6, 6.07) is 9.51. The Morgan fingerprint density at radius 2 is 1.83 bits per heavy atom. The Balaban J connectivity index is 2.53. The lowest BCUT2D eigenvalue weighted by Gasteiger charge is -2.28. The molecule has 1 atom stereocenters. The zero-order valence-electron chi connectivity index (χ0n) is 12.4. The molecule has 102 valence electrons. The summed E-state index contributed by atoms with van der Waals surface area (Å²) in [6.07, 6.45) is 2.50. The SMILES string of the molecule is CCCC(CNCC)N(C)Cc1ccc(C)cc1. The molecule has 0 aliphatic rings. The van der Waals surface area contributed by atoms with Gasteiger partial charge in [0.2, 0.25) is 0 Å². The van der Waals surface area contributed by atoms with E-state index in [0.29, 0.717) is 6.04 Å². The van der Waals surface area contributed by atoms with Gasteiger partial charge in [-0.05, 0) is 32.5 Å². The fourth-order valence-electron chi connectivity index (χ4n) is 2.23. The van der Waals surface area contributed by atoms with E-state index in [4.69, 9.17) is 0 Å². The van der Waals surface area contributed by atoms with Gasteiger partial charge in [-0.2, -0.15) is 0 Å². The zero-order chi connectivity index (χ0) is 13.4. The van der Waals surface area contributed by atoms with Gasteiger partial charge in [-0.1, -0.05) is 50.1 Å². The van der Waals surface area contributed by atoms with Crippen molar-refractivity contribution < 1.29 is 0 Å². The minimum absolute atomic E-state index is 0.635. The predicted octanol–water partition coefficient (Wildman–Crippen LogP) is 3.21. The van der Waals surface area contributed by atoms with E-state index >= 15 is 0 Å². The van der Waals surface area contributed by atoms with E-state index in [1.807, 2.05) is 0 Å². The van der Waals surface area contributed by atoms with Gasteiger partial charge in [0, 0.05) is 19.1 Å². The molecule has 0 saturated carbocycles. The van der Waals surface area contributed by atoms with E-state index in [1.54, 1.807) is 0 Å². The highest BCUT2D eigenvalue weighted by Crippen LogP contribution is 2.11. The molecule has 1 unspecified atom stereocenters. The third-order valence-electron chi connectivity index (χ3n) is 3.43. The molecule has 1 aromatic carbocycles. The average molecular weight is 248 g/mol. The fourth-order valence-corrected chi connectivity index (χ4v) is 2.23. The molecular formula is C16H28N2. The molecule has 1 aromatic rings. The molecule has 0 saturated heterocycles. The number of nitrogens with one attached hydrogen (secondary N) is 1. The van der Waals surface area contributed by atoms with E-state index in [1.165, 1.54) is 24.0 Å². The average Bonchev–Trinajstić information content (AvgIpc) is 2.37. The smallest absolute Gasteiger partial charge is 0.0234 e. The third-order valence-corrected chi connectivity index (χ3v) is 3.43. The van der Waals surface area contributed by atoms with Crippen molar-refractivity contribution in [1.82, 2.24) is 10.2 Å². The second-order valence-electron chi connectivity index (χ2n) is 5.15. The van der Waals surface area contributed by atoms with Crippen LogP contribution in [0.4, 0.5) is 0 Å². The van der Waals surface area contributed by atoms with E-state index in [-0.39, 0.29) is 0 Å². The molecule has 0 spiro atoms. The van der Waals surface area contributed by atoms with Gasteiger partial charge < -0.3 is 5.32 Å². The molecule has 0 bridgehead atoms. The summed E-state index contributed by atoms with van der Waals surface area (Å²) in [5, 5.41) is 3.47. The van der Waals surface area contributed by atoms with Gasteiger partial charge in [-0.15, -0.1) is 0 Å². The standard InChI is InChI=1S/C16H28N2/c1-5-7-16(12-17-6-2)18(4)13-15-10-8-14(3)9-11-15/h8-11,16-17H,5-7,12-13H2,1-4H3. The van der Waals surface area contributed by atoms with Crippen molar-refractivity contribution >= 4 is 0 Å². The predicted molar refractivity (Wildman–Crippen MR) is 79.9 cm³/mol. The van der Waals surface area contributed by atoms with Crippen molar-refractivity contribution in [2.45, 2.75) is 46.2 Å². The number of hydrogen-bond acceptors (Lipinski definition) is 2. The number of aryl methyl sites for hydroxylation is 1. The van der Waals surface area contributed by atoms with Gasteiger partial charge in [0.25, 0.3) is 0 Å². The lowest BCUT2D eigenvalue weighted by atomic mass is 10.1. The molecule has 18 heavy (non-hydrogen) atoms. The van der Waals surface area contributed by atoms with Gasteiger partial charge in [-0.3, -0.25) is 4.90 Å². The second-order valence-corrected chi connectivity index (χ2v) is 5.15. The van der Waals surface area contributed by atoms with Crippen LogP contribution >= 0.6 is 0 Å². The van der Waals surface area contributed by atoms with E-state index in [0.717, 1.165) is 19.6 Å². The van der Waals surface area contributed by atoms with Crippen LogP contribution in [0, 0.1) is 6.92 Å². The highest BCUT2D eigenvalue weighted by atomic mass is 15.1. The Bertz CT molecular complexity index is 318. The summed E-state index contributed by atoms with van der Waals surface area (Å²) in [7, 11) is 2.23. The van der Waals surface area contributed by atoms with Crippen molar-refractivity contribution in [2.75, 3.05) is 20.1 Å². The van der Waals surface area contributed by atoms with E-state index < -0.39 is 0 Å². The maximum Gasteiger partial charge on any atom is 0.0234 e. The topological polar surface area (TPSA) is 15.3 Å². The fraction of sp³-hybridized carbons (Fsp3) is 0.625. The lowest BCUT2D eigenvalue weighted by molar-refractivity contribution is 0.215. The van der Waals surface area contributed by atoms with Crippen LogP contribution in [0.5, 0.6) is 0 Å². The first-order valence-corrected chi connectivity index (χ1v) is 7.13. The van der Waals surface area contributed by atoms with Crippen molar-refractivity contribution in [1.29, 1.82) is 0 Å². The van der Waals surface area contributed by atoms with Crippen LogP contribution in [0.15, 0.2) is 24.3 Å². The maximum atomic E-state index is 3.47. The third kappa shape index (κ3) is 5.19. The molecule has 0 amide bonds. The first-order valence-electron chi connectivity index (χ1n) is 7.13. The normalized spacial score (nSPS) is 12.9. The molecule has 0 radical (unpaired) electrons. The Morgan fingerprint density at radius 3 is 2.39 bits per heavy atom. The van der Waals surface area contributed by atoms with Gasteiger partial charge >= 0.3 is 0 Å². The van der Waals surface area contributed by atoms with Crippen LogP contribution in [0.2, 0.25) is 0 Å². The molecule has 0 aromatic heterocycles. The minimum Gasteiger partial charge on any atom is -0.315 e. The van der Waals surface area contributed by atoms with Crippen LogP contribution in [0.25, 0.3) is 0 Å². The molecule has 0 aliphatic heterocycles. The Kier molecular flexibility index (Phi) is 6.99. The Morgan fingerprint density at radius 1 is 1.17 bits per heavy atom. The Labute approximate surface area is 112 Å². The van der Waals surface area contributed by atoms with Crippen LogP contribution in [0.1, 0.15) is 37.8 Å². The molecule has 1 rings (SSSR count). The summed E-state index contributed by atoms with van der Waals surface area (Å²) in [5.41, 5.74) is 2.74. The van der Waals surface area contributed by atoms with Crippen molar-refractivity contribution in [2.24, 2.45) is 0 Å². The largest absolute Gasteiger partial charge is 0.315 e. The van der Waals surface area contributed by atoms with Crippen molar-refractivity contribution in [3.05, 3.63) is 35.4 Å². The molecule has 0 heterocycles. The first-order chi connectivity index (χ1) is 8.67. The van der Waals surface area contributed by atoms with Crippen LogP contribution in [0.3, 0.4) is 0 Å². The number of nitrogens with zero attached hydrogens (tertiary/aromatic N) is 1. The Hall–Kier alpha value is -0.860. The molecule has 2 heteroatoms. The maximum absolute atomic E-state index is 3.47. The zero-order valence-corrected chi connectivity index (χ0v) is 12.4. The summed E-state index contributed by atoms with van der Waals surface area (Å²) in [4.78, 5) is 2.47. The summed E-state index contributed by atoms with van der Waals surface area (Å²) in [6.45, 7) is 9.75. The van der Waals surface area contributed by atoms with Gasteiger partial charge in [0.05, 0.1) is 0 Å². The van der Waals surface area contributed by atoms with Gasteiger partial charge in [0.1, 0.15) is 0 Å². The van der Waals surface area contributed by atoms with Gasteiger partial charge in [-0.25, -0.2) is 0 Å². The van der Waals surface area contributed by atoms with E-state index in [9.17, 15) is 0 Å². The monoisotopic (exact) mass is 248 g/mol. The summed E-state index contributed by atoms with van der Waals surface area (Å²) < 4.78 is 0. The van der Waals surface area contributed by atoms with E-state index in [2.05, 4.69) is 62.3 Å². The van der Waals surface area contributed by atoms with Crippen molar-refractivity contribution in [3.8, 4) is 0 Å². The quantitative estimate of drug-likeness (QED) is 0.760. The number of rotatable bonds is 8. The summed E-state index contributed by atoms with van der Waals surface area (Å²) in [5.74, 6) is 0. The number of likely N-dealkylation sites (N-methyl/N-ethyl adjacent to an activating group) is 2. The minimum atomic E-state index is 0.635. The first kappa shape index (κ1) is 15.2. The van der Waals surface area contributed by atoms with Crippen LogP contribution in [-0.4, -0.2) is 31.1 Å². The summed E-state index contributed by atoms with van der Waals surface area (Å²) >= 11 is 0. The highest BCUT2D eigenvalue weighted by molar-refractivity contribution is 5.21. The molecule has 0 fully saturated rings. The number of benzene rings is 1. The van der Waals surface area contributed by atoms with Crippen molar-refractivity contribution in [3.63, 3.8) is 0 Å². The number of hydrogen-bond donors (Lipinski definition) is 1. The molecule has 0 aliphatic carbocycles.